The van der Waals surface area contributed by atoms with Gasteiger partial charge in [0.2, 0.25) is 5.91 Å². The van der Waals surface area contributed by atoms with Crippen molar-refractivity contribution in [2.24, 2.45) is 5.10 Å². The highest BCUT2D eigenvalue weighted by Gasteiger charge is 2.18. The third-order valence-corrected chi connectivity index (χ3v) is 5.60. The number of nitrogens with zero attached hydrogens (tertiary/aromatic N) is 3. The summed E-state index contributed by atoms with van der Waals surface area (Å²) in [5.74, 6) is -0.412. The van der Waals surface area contributed by atoms with E-state index >= 15 is 0 Å². The van der Waals surface area contributed by atoms with E-state index in [1.807, 2.05) is 44.2 Å². The van der Waals surface area contributed by atoms with Gasteiger partial charge in [-0.25, -0.2) is 10.4 Å². The summed E-state index contributed by atoms with van der Waals surface area (Å²) in [5, 5.41) is 6.33. The smallest absolute Gasteiger partial charge is 0.271 e. The average molecular weight is 421 g/mol. The summed E-state index contributed by atoms with van der Waals surface area (Å²) in [6, 6.07) is 13.3. The number of nitrogens with one attached hydrogen (secondary N) is 1. The van der Waals surface area contributed by atoms with Gasteiger partial charge in [0.25, 0.3) is 5.91 Å². The lowest BCUT2D eigenvalue weighted by Crippen LogP contribution is -2.22. The van der Waals surface area contributed by atoms with Crippen LogP contribution in [0.1, 0.15) is 46.6 Å². The van der Waals surface area contributed by atoms with Crippen LogP contribution >= 0.6 is 11.3 Å². The van der Waals surface area contributed by atoms with E-state index in [2.05, 4.69) is 22.4 Å². The van der Waals surface area contributed by atoms with Crippen molar-refractivity contribution >= 4 is 40.2 Å². The van der Waals surface area contributed by atoms with E-state index in [9.17, 15) is 9.59 Å². The Morgan fingerprint density at radius 2 is 1.87 bits per heavy atom. The van der Waals surface area contributed by atoms with Gasteiger partial charge in [0.1, 0.15) is 0 Å². The van der Waals surface area contributed by atoms with Gasteiger partial charge in [0.15, 0.2) is 5.13 Å². The maximum atomic E-state index is 12.3. The number of amides is 2. The molecule has 1 heterocycles. The topological polar surface area (TPSA) is 74.7 Å². The number of aromatic nitrogens is 1. The van der Waals surface area contributed by atoms with Crippen LogP contribution in [0.5, 0.6) is 0 Å². The molecule has 30 heavy (non-hydrogen) atoms. The quantitative estimate of drug-likeness (QED) is 0.461. The zero-order chi connectivity index (χ0) is 21.7. The molecule has 2 amide bonds. The van der Waals surface area contributed by atoms with Gasteiger partial charge in [-0.2, -0.15) is 5.10 Å². The summed E-state index contributed by atoms with van der Waals surface area (Å²) in [6.45, 7) is 7.61. The maximum Gasteiger partial charge on any atom is 0.271 e. The number of carbonyl (C=O) groups is 2. The minimum Gasteiger partial charge on any atom is -0.274 e. The Bertz CT molecular complexity index is 1090. The fourth-order valence-electron chi connectivity index (χ4n) is 2.84. The number of aryl methyl sites for hydroxylation is 3. The van der Waals surface area contributed by atoms with Crippen molar-refractivity contribution in [2.75, 3.05) is 4.90 Å². The Balaban J connectivity index is 1.71. The number of carbonyl (C=O) groups excluding carboxylic acids is 2. The van der Waals surface area contributed by atoms with Crippen LogP contribution in [0.4, 0.5) is 10.8 Å². The van der Waals surface area contributed by atoms with E-state index < -0.39 is 0 Å². The van der Waals surface area contributed by atoms with E-state index in [0.717, 1.165) is 23.2 Å². The molecule has 0 atom stereocenters. The third kappa shape index (κ3) is 4.99. The van der Waals surface area contributed by atoms with E-state index in [-0.39, 0.29) is 11.8 Å². The minimum atomic E-state index is -0.287. The zero-order valence-electron chi connectivity index (χ0n) is 17.5. The number of hydrogen-bond donors (Lipinski definition) is 1. The molecule has 2 aromatic carbocycles. The van der Waals surface area contributed by atoms with Crippen LogP contribution < -0.4 is 10.3 Å². The standard InChI is InChI=1S/C23H24N4O2S/c1-5-18-7-9-19(10-8-18)22(29)26-24-13-20-14-30-23(25-20)27(17(4)28)21-11-6-15(2)16(3)12-21/h6-14H,5H2,1-4H3,(H,26,29)/b24-13-. The first-order valence-corrected chi connectivity index (χ1v) is 10.5. The van der Waals surface area contributed by atoms with Crippen LogP contribution in [0, 0.1) is 13.8 Å². The van der Waals surface area contributed by atoms with E-state index in [1.54, 1.807) is 22.4 Å². The largest absolute Gasteiger partial charge is 0.274 e. The number of rotatable bonds is 6. The lowest BCUT2D eigenvalue weighted by molar-refractivity contribution is -0.115. The van der Waals surface area contributed by atoms with Crippen LogP contribution in [0.15, 0.2) is 52.9 Å². The van der Waals surface area contributed by atoms with Gasteiger partial charge >= 0.3 is 0 Å². The molecule has 0 aliphatic heterocycles. The van der Waals surface area contributed by atoms with Crippen molar-refractivity contribution in [3.05, 3.63) is 75.8 Å². The second kappa shape index (κ2) is 9.45. The molecule has 0 radical (unpaired) electrons. The summed E-state index contributed by atoms with van der Waals surface area (Å²) in [7, 11) is 0. The Morgan fingerprint density at radius 3 is 2.50 bits per heavy atom. The Labute approximate surface area is 180 Å². The van der Waals surface area contributed by atoms with Gasteiger partial charge in [-0.1, -0.05) is 25.1 Å². The molecular formula is C23H24N4O2S. The molecule has 0 saturated heterocycles. The fourth-order valence-corrected chi connectivity index (χ4v) is 3.68. The monoisotopic (exact) mass is 420 g/mol. The third-order valence-electron chi connectivity index (χ3n) is 4.75. The van der Waals surface area contributed by atoms with Crippen LogP contribution in [-0.2, 0) is 11.2 Å². The number of benzene rings is 2. The number of thiazole rings is 1. The lowest BCUT2D eigenvalue weighted by atomic mass is 10.1. The van der Waals surface area contributed by atoms with Crippen molar-refractivity contribution in [1.29, 1.82) is 0 Å². The van der Waals surface area contributed by atoms with Crippen molar-refractivity contribution in [1.82, 2.24) is 10.4 Å². The lowest BCUT2D eigenvalue weighted by Gasteiger charge is -2.19. The number of hydrazone groups is 1. The number of hydrogen-bond acceptors (Lipinski definition) is 5. The normalized spacial score (nSPS) is 10.9. The Morgan fingerprint density at radius 1 is 1.13 bits per heavy atom. The molecule has 0 unspecified atom stereocenters. The highest BCUT2D eigenvalue weighted by molar-refractivity contribution is 7.14. The van der Waals surface area contributed by atoms with Crippen molar-refractivity contribution in [2.45, 2.75) is 34.1 Å². The van der Waals surface area contributed by atoms with Crippen LogP contribution in [0.2, 0.25) is 0 Å². The molecule has 7 heteroatoms. The molecule has 0 bridgehead atoms. The molecule has 6 nitrogen and oxygen atoms in total. The first-order chi connectivity index (χ1) is 14.4. The van der Waals surface area contributed by atoms with Crippen molar-refractivity contribution in [3.63, 3.8) is 0 Å². The summed E-state index contributed by atoms with van der Waals surface area (Å²) in [6.07, 6.45) is 2.39. The molecule has 1 aromatic heterocycles. The summed E-state index contributed by atoms with van der Waals surface area (Å²) >= 11 is 1.34. The van der Waals surface area contributed by atoms with Gasteiger partial charge in [0.05, 0.1) is 17.6 Å². The first-order valence-electron chi connectivity index (χ1n) is 9.65. The minimum absolute atomic E-state index is 0.125. The summed E-state index contributed by atoms with van der Waals surface area (Å²) < 4.78 is 0. The molecule has 154 valence electrons. The highest BCUT2D eigenvalue weighted by atomic mass is 32.1. The van der Waals surface area contributed by atoms with E-state index in [0.29, 0.717) is 16.4 Å². The molecule has 3 aromatic rings. The van der Waals surface area contributed by atoms with E-state index in [4.69, 9.17) is 0 Å². The molecule has 0 aliphatic rings. The van der Waals surface area contributed by atoms with Gasteiger partial charge < -0.3 is 0 Å². The Kier molecular flexibility index (Phi) is 6.74. The molecule has 0 spiro atoms. The van der Waals surface area contributed by atoms with Gasteiger partial charge in [-0.15, -0.1) is 11.3 Å². The molecular weight excluding hydrogens is 396 g/mol. The molecule has 0 aliphatic carbocycles. The van der Waals surface area contributed by atoms with Gasteiger partial charge in [0, 0.05) is 17.9 Å². The molecule has 0 saturated carbocycles. The zero-order valence-corrected chi connectivity index (χ0v) is 18.3. The van der Waals surface area contributed by atoms with Crippen molar-refractivity contribution < 1.29 is 9.59 Å². The predicted octanol–water partition coefficient (Wildman–Crippen LogP) is 4.77. The second-order valence-electron chi connectivity index (χ2n) is 6.93. The van der Waals surface area contributed by atoms with E-state index in [1.165, 1.54) is 30.0 Å². The van der Waals surface area contributed by atoms with Crippen LogP contribution in [0.25, 0.3) is 0 Å². The first kappa shape index (κ1) is 21.4. The highest BCUT2D eigenvalue weighted by Crippen LogP contribution is 2.29. The van der Waals surface area contributed by atoms with Crippen molar-refractivity contribution in [3.8, 4) is 0 Å². The van der Waals surface area contributed by atoms with Gasteiger partial charge in [-0.05, 0) is 61.2 Å². The number of anilines is 2. The Hall–Kier alpha value is -3.32. The summed E-state index contributed by atoms with van der Waals surface area (Å²) in [4.78, 5) is 30.5. The predicted molar refractivity (Wildman–Crippen MR) is 122 cm³/mol. The summed E-state index contributed by atoms with van der Waals surface area (Å²) in [5.41, 5.74) is 7.82. The SMILES string of the molecule is CCc1ccc(C(=O)N/N=C\c2csc(N(C(C)=O)c3ccc(C)c(C)c3)n2)cc1. The molecule has 0 fully saturated rings. The fraction of sp³-hybridized carbons (Fsp3) is 0.217. The second-order valence-corrected chi connectivity index (χ2v) is 7.76. The average Bonchev–Trinajstić information content (AvgIpc) is 3.18. The van der Waals surface area contributed by atoms with Crippen LogP contribution in [-0.4, -0.2) is 23.0 Å². The van der Waals surface area contributed by atoms with Gasteiger partial charge in [-0.3, -0.25) is 14.5 Å². The maximum absolute atomic E-state index is 12.3. The molecule has 3 rings (SSSR count). The van der Waals surface area contributed by atoms with Crippen LogP contribution in [0.3, 0.4) is 0 Å². The molecule has 1 N–H and O–H groups in total.